The van der Waals surface area contributed by atoms with Crippen LogP contribution in [-0.4, -0.2) is 30.1 Å². The normalized spacial score (nSPS) is 15.5. The van der Waals surface area contributed by atoms with Crippen molar-refractivity contribution in [1.29, 1.82) is 0 Å². The van der Waals surface area contributed by atoms with Crippen LogP contribution in [-0.2, 0) is 4.74 Å². The first-order valence-electron chi connectivity index (χ1n) is 8.76. The third kappa shape index (κ3) is 4.23. The Labute approximate surface area is 141 Å². The van der Waals surface area contributed by atoms with E-state index in [1.165, 1.54) is 25.3 Å². The van der Waals surface area contributed by atoms with Gasteiger partial charge >= 0.3 is 0 Å². The molecule has 2 N–H and O–H groups in total. The topological polar surface area (TPSA) is 71.2 Å². The summed E-state index contributed by atoms with van der Waals surface area (Å²) >= 11 is 0. The molecule has 0 radical (unpaired) electrons. The van der Waals surface area contributed by atoms with Crippen LogP contribution in [0.25, 0.3) is 10.9 Å². The summed E-state index contributed by atoms with van der Waals surface area (Å²) in [4.78, 5) is 26.8. The van der Waals surface area contributed by atoms with Gasteiger partial charge in [0.15, 0.2) is 0 Å². The van der Waals surface area contributed by atoms with E-state index in [0.717, 1.165) is 24.6 Å². The quantitative estimate of drug-likeness (QED) is 0.801. The lowest BCUT2D eigenvalue weighted by atomic mass is 9.98. The predicted octanol–water partition coefficient (Wildman–Crippen LogP) is 3.00. The van der Waals surface area contributed by atoms with E-state index in [2.05, 4.69) is 10.3 Å². The summed E-state index contributed by atoms with van der Waals surface area (Å²) in [5.41, 5.74) is 0.831. The summed E-state index contributed by atoms with van der Waals surface area (Å²) in [7, 11) is 0. The van der Waals surface area contributed by atoms with Crippen molar-refractivity contribution in [2.45, 2.75) is 44.6 Å². The number of pyridine rings is 1. The Morgan fingerprint density at radius 2 is 2.00 bits per heavy atom. The molecule has 0 aliphatic heterocycles. The Hall–Kier alpha value is -2.14. The van der Waals surface area contributed by atoms with Gasteiger partial charge in [0.25, 0.3) is 5.91 Å². The molecule has 2 aromatic rings. The number of carbonyl (C=O) groups excluding carboxylic acids is 1. The van der Waals surface area contributed by atoms with Gasteiger partial charge in [-0.25, -0.2) is 0 Å². The highest BCUT2D eigenvalue weighted by molar-refractivity contribution is 6.05. The van der Waals surface area contributed by atoms with Crippen LogP contribution in [0.1, 0.15) is 48.9 Å². The average Bonchev–Trinajstić information content (AvgIpc) is 2.61. The van der Waals surface area contributed by atoms with Gasteiger partial charge in [-0.15, -0.1) is 0 Å². The second kappa shape index (κ2) is 8.11. The maximum absolute atomic E-state index is 12.4. The molecular weight excluding hydrogens is 304 g/mol. The molecule has 0 bridgehead atoms. The molecule has 24 heavy (non-hydrogen) atoms. The highest BCUT2D eigenvalue weighted by Crippen LogP contribution is 2.20. The lowest BCUT2D eigenvalue weighted by Gasteiger charge is -2.21. The molecule has 1 aliphatic carbocycles. The zero-order chi connectivity index (χ0) is 16.8. The first-order chi connectivity index (χ1) is 11.7. The molecule has 1 aliphatic rings. The predicted molar refractivity (Wildman–Crippen MR) is 94.3 cm³/mol. The van der Waals surface area contributed by atoms with Crippen molar-refractivity contribution in [3.05, 3.63) is 46.2 Å². The monoisotopic (exact) mass is 328 g/mol. The number of fused-ring (bicyclic) bond motifs is 1. The van der Waals surface area contributed by atoms with Gasteiger partial charge in [-0.1, -0.05) is 37.5 Å². The Kier molecular flexibility index (Phi) is 5.64. The van der Waals surface area contributed by atoms with Crippen molar-refractivity contribution < 1.29 is 9.53 Å². The minimum Gasteiger partial charge on any atom is -0.378 e. The van der Waals surface area contributed by atoms with E-state index >= 15 is 0 Å². The fraction of sp³-hybridized carbons (Fsp3) is 0.474. The number of nitrogens with one attached hydrogen (secondary N) is 2. The van der Waals surface area contributed by atoms with E-state index in [1.54, 1.807) is 6.07 Å². The Bertz CT molecular complexity index is 748. The molecule has 1 amide bonds. The van der Waals surface area contributed by atoms with Gasteiger partial charge in [0.1, 0.15) is 0 Å². The molecule has 0 unspecified atom stereocenters. The number of para-hydroxylation sites is 1. The van der Waals surface area contributed by atoms with Gasteiger partial charge in [0.2, 0.25) is 5.56 Å². The molecule has 1 heterocycles. The summed E-state index contributed by atoms with van der Waals surface area (Å²) in [6.45, 7) is 1.22. The fourth-order valence-electron chi connectivity index (χ4n) is 3.24. The van der Waals surface area contributed by atoms with E-state index in [4.69, 9.17) is 4.74 Å². The molecule has 1 fully saturated rings. The molecule has 0 atom stereocenters. The van der Waals surface area contributed by atoms with E-state index in [-0.39, 0.29) is 11.5 Å². The number of aromatic nitrogens is 1. The van der Waals surface area contributed by atoms with Gasteiger partial charge in [-0.05, 0) is 25.3 Å². The smallest absolute Gasteiger partial charge is 0.252 e. The molecule has 1 aromatic heterocycles. The second-order valence-corrected chi connectivity index (χ2v) is 6.33. The number of aromatic amines is 1. The average molecular weight is 328 g/mol. The van der Waals surface area contributed by atoms with Gasteiger partial charge in [0, 0.05) is 30.1 Å². The number of rotatable bonds is 6. The zero-order valence-corrected chi connectivity index (χ0v) is 13.8. The lowest BCUT2D eigenvalue weighted by Crippen LogP contribution is -2.27. The molecule has 3 rings (SSSR count). The molecule has 0 saturated heterocycles. The highest BCUT2D eigenvalue weighted by Gasteiger charge is 2.14. The number of carbonyl (C=O) groups is 1. The van der Waals surface area contributed by atoms with Crippen LogP contribution in [0.2, 0.25) is 0 Å². The van der Waals surface area contributed by atoms with Crippen LogP contribution in [0, 0.1) is 0 Å². The SMILES string of the molecule is O=C(NCCCOC1CCCCC1)c1cc(=O)[nH]c2ccccc12. The maximum Gasteiger partial charge on any atom is 0.252 e. The van der Waals surface area contributed by atoms with Crippen molar-refractivity contribution >= 4 is 16.8 Å². The van der Waals surface area contributed by atoms with Crippen molar-refractivity contribution in [3.63, 3.8) is 0 Å². The number of hydrogen-bond acceptors (Lipinski definition) is 3. The molecular formula is C19H24N2O3. The Balaban J connectivity index is 1.51. The molecule has 0 spiro atoms. The van der Waals surface area contributed by atoms with Gasteiger partial charge in [-0.2, -0.15) is 0 Å². The van der Waals surface area contributed by atoms with E-state index < -0.39 is 0 Å². The van der Waals surface area contributed by atoms with Crippen molar-refractivity contribution in [2.24, 2.45) is 0 Å². The standard InChI is InChI=1S/C19H24N2O3/c22-18-13-16(15-9-4-5-10-17(15)21-18)19(23)20-11-6-12-24-14-7-2-1-3-8-14/h4-5,9-10,13-14H,1-3,6-8,11-12H2,(H,20,23)(H,21,22). The summed E-state index contributed by atoms with van der Waals surface area (Å²) in [5.74, 6) is -0.213. The minimum atomic E-state index is -0.264. The van der Waals surface area contributed by atoms with Gasteiger partial charge in [-0.3, -0.25) is 9.59 Å². The van der Waals surface area contributed by atoms with E-state index in [9.17, 15) is 9.59 Å². The summed E-state index contributed by atoms with van der Waals surface area (Å²) in [5, 5.41) is 3.64. The third-order valence-corrected chi connectivity index (χ3v) is 4.51. The largest absolute Gasteiger partial charge is 0.378 e. The Morgan fingerprint density at radius 1 is 1.21 bits per heavy atom. The number of hydrogen-bond donors (Lipinski definition) is 2. The fourth-order valence-corrected chi connectivity index (χ4v) is 3.24. The maximum atomic E-state index is 12.4. The zero-order valence-electron chi connectivity index (χ0n) is 13.8. The number of ether oxygens (including phenoxy) is 1. The molecule has 1 saturated carbocycles. The second-order valence-electron chi connectivity index (χ2n) is 6.33. The van der Waals surface area contributed by atoms with Crippen LogP contribution in [0.3, 0.4) is 0 Å². The number of amides is 1. The molecule has 128 valence electrons. The van der Waals surface area contributed by atoms with Crippen LogP contribution in [0.4, 0.5) is 0 Å². The first-order valence-corrected chi connectivity index (χ1v) is 8.76. The third-order valence-electron chi connectivity index (χ3n) is 4.51. The van der Waals surface area contributed by atoms with E-state index in [1.807, 2.05) is 18.2 Å². The van der Waals surface area contributed by atoms with Crippen molar-refractivity contribution in [3.8, 4) is 0 Å². The molecule has 5 nitrogen and oxygen atoms in total. The van der Waals surface area contributed by atoms with Crippen LogP contribution in [0.15, 0.2) is 35.1 Å². The first kappa shape index (κ1) is 16.7. The summed E-state index contributed by atoms with van der Waals surface area (Å²) in [6, 6.07) is 8.69. The molecule has 5 heteroatoms. The van der Waals surface area contributed by atoms with E-state index in [0.29, 0.717) is 30.3 Å². The number of benzene rings is 1. The number of H-pyrrole nitrogens is 1. The van der Waals surface area contributed by atoms with Crippen molar-refractivity contribution in [2.75, 3.05) is 13.2 Å². The van der Waals surface area contributed by atoms with Gasteiger partial charge < -0.3 is 15.0 Å². The van der Waals surface area contributed by atoms with Crippen molar-refractivity contribution in [1.82, 2.24) is 10.3 Å². The Morgan fingerprint density at radius 3 is 2.83 bits per heavy atom. The highest BCUT2D eigenvalue weighted by atomic mass is 16.5. The van der Waals surface area contributed by atoms with Gasteiger partial charge in [0.05, 0.1) is 11.7 Å². The van der Waals surface area contributed by atoms with Crippen LogP contribution in [0.5, 0.6) is 0 Å². The molecule has 1 aromatic carbocycles. The summed E-state index contributed by atoms with van der Waals surface area (Å²) in [6.07, 6.45) is 7.33. The summed E-state index contributed by atoms with van der Waals surface area (Å²) < 4.78 is 5.85. The van der Waals surface area contributed by atoms with Crippen LogP contribution >= 0.6 is 0 Å². The minimum absolute atomic E-state index is 0.213. The lowest BCUT2D eigenvalue weighted by molar-refractivity contribution is 0.0273. The van der Waals surface area contributed by atoms with Crippen LogP contribution < -0.4 is 10.9 Å².